The maximum absolute atomic E-state index is 13.4. The average Bonchev–Trinajstić information content (AvgIpc) is 3.23. The van der Waals surface area contributed by atoms with Gasteiger partial charge in [-0.25, -0.2) is 0 Å². The van der Waals surface area contributed by atoms with Crippen LogP contribution in [0.5, 0.6) is 0 Å². The van der Waals surface area contributed by atoms with Gasteiger partial charge in [-0.2, -0.15) is 0 Å². The van der Waals surface area contributed by atoms with Crippen LogP contribution in [-0.2, 0) is 9.59 Å². The molecule has 1 aliphatic rings. The number of hydrogen-bond donors (Lipinski definition) is 1. The quantitative estimate of drug-likeness (QED) is 0.440. The number of anilines is 2. The molecule has 2 amide bonds. The molecule has 8 nitrogen and oxygen atoms in total. The Balaban J connectivity index is 1.45. The van der Waals surface area contributed by atoms with Crippen molar-refractivity contribution in [3.63, 3.8) is 0 Å². The number of benzene rings is 2. The summed E-state index contributed by atoms with van der Waals surface area (Å²) in [6.07, 6.45) is 3.68. The monoisotopic (exact) mass is 470 g/mol. The molecule has 2 aromatic heterocycles. The lowest BCUT2D eigenvalue weighted by Gasteiger charge is -2.27. The highest BCUT2D eigenvalue weighted by atomic mass is 32.2. The first kappa shape index (κ1) is 21.8. The maximum atomic E-state index is 13.4. The number of para-hydroxylation sites is 3. The molecule has 0 bridgehead atoms. The Labute approximate surface area is 201 Å². The van der Waals surface area contributed by atoms with Gasteiger partial charge >= 0.3 is 0 Å². The van der Waals surface area contributed by atoms with Crippen molar-refractivity contribution in [1.29, 1.82) is 0 Å². The van der Waals surface area contributed by atoms with Gasteiger partial charge in [-0.3, -0.25) is 19.1 Å². The SMILES string of the molecule is CC1CC(=O)Nc2ccccc2N1C(=O)CSc1nnc(-c2cccnc2)n1-c1ccccc1. The fraction of sp³-hybridized carbons (Fsp3) is 0.160. The van der Waals surface area contributed by atoms with E-state index in [1.165, 1.54) is 11.8 Å². The zero-order chi connectivity index (χ0) is 23.5. The van der Waals surface area contributed by atoms with E-state index < -0.39 is 0 Å². The molecule has 34 heavy (non-hydrogen) atoms. The van der Waals surface area contributed by atoms with E-state index >= 15 is 0 Å². The number of carbonyl (C=O) groups is 2. The first-order chi connectivity index (χ1) is 16.6. The summed E-state index contributed by atoms with van der Waals surface area (Å²) in [7, 11) is 0. The lowest BCUT2D eigenvalue weighted by Crippen LogP contribution is -2.40. The highest BCUT2D eigenvalue weighted by molar-refractivity contribution is 7.99. The number of hydrogen-bond acceptors (Lipinski definition) is 6. The number of amides is 2. The van der Waals surface area contributed by atoms with Gasteiger partial charge in [-0.05, 0) is 43.3 Å². The van der Waals surface area contributed by atoms with Crippen molar-refractivity contribution in [3.8, 4) is 17.1 Å². The van der Waals surface area contributed by atoms with Crippen LogP contribution in [0.2, 0.25) is 0 Å². The van der Waals surface area contributed by atoms with Crippen LogP contribution in [0.1, 0.15) is 13.3 Å². The Morgan fingerprint density at radius 2 is 1.85 bits per heavy atom. The van der Waals surface area contributed by atoms with Crippen molar-refractivity contribution in [3.05, 3.63) is 79.1 Å². The van der Waals surface area contributed by atoms with Crippen LogP contribution in [-0.4, -0.2) is 43.4 Å². The second kappa shape index (κ2) is 9.48. The molecule has 170 valence electrons. The van der Waals surface area contributed by atoms with Crippen LogP contribution >= 0.6 is 11.8 Å². The number of pyridine rings is 1. The van der Waals surface area contributed by atoms with Crippen molar-refractivity contribution in [2.45, 2.75) is 24.5 Å². The molecule has 9 heteroatoms. The van der Waals surface area contributed by atoms with E-state index in [1.54, 1.807) is 17.3 Å². The van der Waals surface area contributed by atoms with Gasteiger partial charge in [0, 0.05) is 36.1 Å². The molecule has 5 rings (SSSR count). The molecule has 2 aromatic carbocycles. The van der Waals surface area contributed by atoms with Gasteiger partial charge in [0.25, 0.3) is 0 Å². The molecule has 1 unspecified atom stereocenters. The van der Waals surface area contributed by atoms with E-state index in [4.69, 9.17) is 0 Å². The van der Waals surface area contributed by atoms with Gasteiger partial charge in [-0.15, -0.1) is 10.2 Å². The molecule has 0 fully saturated rings. The highest BCUT2D eigenvalue weighted by Crippen LogP contribution is 2.33. The maximum Gasteiger partial charge on any atom is 0.237 e. The average molecular weight is 471 g/mol. The highest BCUT2D eigenvalue weighted by Gasteiger charge is 2.30. The van der Waals surface area contributed by atoms with Crippen LogP contribution in [0.3, 0.4) is 0 Å². The van der Waals surface area contributed by atoms with Gasteiger partial charge in [0.2, 0.25) is 11.8 Å². The predicted octanol–water partition coefficient (Wildman–Crippen LogP) is 4.19. The minimum atomic E-state index is -0.269. The minimum Gasteiger partial charge on any atom is -0.324 e. The number of fused-ring (bicyclic) bond motifs is 1. The second-order valence-corrected chi connectivity index (χ2v) is 8.83. The zero-order valence-electron chi connectivity index (χ0n) is 18.5. The molecule has 1 atom stereocenters. The van der Waals surface area contributed by atoms with Gasteiger partial charge < -0.3 is 10.2 Å². The van der Waals surface area contributed by atoms with Gasteiger partial charge in [-0.1, -0.05) is 42.1 Å². The smallest absolute Gasteiger partial charge is 0.237 e. The van der Waals surface area contributed by atoms with Gasteiger partial charge in [0.1, 0.15) is 0 Å². The van der Waals surface area contributed by atoms with Crippen LogP contribution < -0.4 is 10.2 Å². The lowest BCUT2D eigenvalue weighted by molar-refractivity contribution is -0.117. The Bertz CT molecular complexity index is 1330. The first-order valence-corrected chi connectivity index (χ1v) is 11.9. The topological polar surface area (TPSA) is 93.0 Å². The van der Waals surface area contributed by atoms with Crippen molar-refractivity contribution in [1.82, 2.24) is 19.7 Å². The molecule has 3 heterocycles. The Morgan fingerprint density at radius 1 is 1.06 bits per heavy atom. The largest absolute Gasteiger partial charge is 0.324 e. The Hall–Kier alpha value is -3.98. The van der Waals surface area contributed by atoms with E-state index in [1.807, 2.05) is 78.2 Å². The normalized spacial score (nSPS) is 15.4. The fourth-order valence-corrected chi connectivity index (χ4v) is 4.83. The van der Waals surface area contributed by atoms with Crippen molar-refractivity contribution in [2.24, 2.45) is 0 Å². The molecule has 1 aliphatic heterocycles. The second-order valence-electron chi connectivity index (χ2n) is 7.89. The predicted molar refractivity (Wildman–Crippen MR) is 132 cm³/mol. The van der Waals surface area contributed by atoms with E-state index in [9.17, 15) is 9.59 Å². The van der Waals surface area contributed by atoms with E-state index in [0.717, 1.165) is 11.3 Å². The molecule has 0 saturated heterocycles. The van der Waals surface area contributed by atoms with Crippen molar-refractivity contribution in [2.75, 3.05) is 16.0 Å². The van der Waals surface area contributed by atoms with Crippen molar-refractivity contribution >= 4 is 35.0 Å². The summed E-state index contributed by atoms with van der Waals surface area (Å²) in [5, 5.41) is 12.3. The third-order valence-corrected chi connectivity index (χ3v) is 6.43. The molecule has 0 aliphatic carbocycles. The summed E-state index contributed by atoms with van der Waals surface area (Å²) in [5.41, 5.74) is 3.06. The number of carbonyl (C=O) groups excluding carboxylic acids is 2. The molecule has 0 radical (unpaired) electrons. The lowest BCUT2D eigenvalue weighted by atomic mass is 10.2. The van der Waals surface area contributed by atoms with Crippen LogP contribution in [0.25, 0.3) is 17.1 Å². The van der Waals surface area contributed by atoms with Crippen molar-refractivity contribution < 1.29 is 9.59 Å². The zero-order valence-corrected chi connectivity index (χ0v) is 19.3. The summed E-state index contributed by atoms with van der Waals surface area (Å²) < 4.78 is 1.93. The van der Waals surface area contributed by atoms with E-state index in [0.29, 0.717) is 22.4 Å². The number of nitrogens with one attached hydrogen (secondary N) is 1. The van der Waals surface area contributed by atoms with Gasteiger partial charge in [0.05, 0.1) is 17.1 Å². The fourth-order valence-electron chi connectivity index (χ4n) is 4.02. The minimum absolute atomic E-state index is 0.104. The molecule has 4 aromatic rings. The number of thioether (sulfide) groups is 1. The third kappa shape index (κ3) is 4.29. The van der Waals surface area contributed by atoms with Crippen LogP contribution in [0.4, 0.5) is 11.4 Å². The van der Waals surface area contributed by atoms with Crippen LogP contribution in [0.15, 0.2) is 84.3 Å². The molecular weight excluding hydrogens is 448 g/mol. The summed E-state index contributed by atoms with van der Waals surface area (Å²) in [4.78, 5) is 31.6. The summed E-state index contributed by atoms with van der Waals surface area (Å²) in [6.45, 7) is 1.89. The van der Waals surface area contributed by atoms with E-state index in [2.05, 4.69) is 20.5 Å². The van der Waals surface area contributed by atoms with Gasteiger partial charge in [0.15, 0.2) is 11.0 Å². The first-order valence-electron chi connectivity index (χ1n) is 10.9. The molecule has 1 N–H and O–H groups in total. The Kier molecular flexibility index (Phi) is 6.09. The standard InChI is InChI=1S/C25H22N6O2S/c1-17-14-22(32)27-20-11-5-6-12-21(20)30(17)23(33)16-34-25-29-28-24(18-8-7-13-26-15-18)31(25)19-9-3-2-4-10-19/h2-13,15,17H,14,16H2,1H3,(H,27,32). The molecule has 0 spiro atoms. The summed E-state index contributed by atoms with van der Waals surface area (Å²) >= 11 is 1.32. The summed E-state index contributed by atoms with van der Waals surface area (Å²) in [5.74, 6) is 0.586. The Morgan fingerprint density at radius 3 is 2.65 bits per heavy atom. The van der Waals surface area contributed by atoms with Crippen LogP contribution in [0, 0.1) is 0 Å². The number of nitrogens with zero attached hydrogens (tertiary/aromatic N) is 5. The third-order valence-electron chi connectivity index (χ3n) is 5.52. The summed E-state index contributed by atoms with van der Waals surface area (Å²) in [6, 6.07) is 20.7. The number of rotatable bonds is 5. The number of aromatic nitrogens is 4. The molecule has 0 saturated carbocycles. The van der Waals surface area contributed by atoms with E-state index in [-0.39, 0.29) is 30.0 Å². The molecular formula is C25H22N6O2S.